The van der Waals surface area contributed by atoms with E-state index in [0.29, 0.717) is 31.9 Å². The van der Waals surface area contributed by atoms with Crippen LogP contribution in [0.15, 0.2) is 47.4 Å². The Labute approximate surface area is 183 Å². The third-order valence-electron chi connectivity index (χ3n) is 5.21. The van der Waals surface area contributed by atoms with E-state index < -0.39 is 10.0 Å². The Morgan fingerprint density at radius 2 is 1.84 bits per heavy atom. The molecule has 8 nitrogen and oxygen atoms in total. The van der Waals surface area contributed by atoms with E-state index >= 15 is 0 Å². The number of piperazine rings is 1. The zero-order valence-electron chi connectivity index (χ0n) is 18.1. The molecule has 168 valence electrons. The number of aryl methyl sites for hydroxylation is 1. The molecule has 31 heavy (non-hydrogen) atoms. The van der Waals surface area contributed by atoms with E-state index in [2.05, 4.69) is 5.32 Å². The number of nitrogens with one attached hydrogen (secondary N) is 1. The molecule has 9 heteroatoms. The maximum absolute atomic E-state index is 13.7. The van der Waals surface area contributed by atoms with Gasteiger partial charge in [-0.05, 0) is 24.6 Å². The van der Waals surface area contributed by atoms with Crippen LogP contribution in [-0.4, -0.2) is 70.5 Å². The maximum atomic E-state index is 13.7. The zero-order chi connectivity index (χ0) is 22.4. The number of benzene rings is 2. The molecule has 1 aliphatic heterocycles. The van der Waals surface area contributed by atoms with Crippen molar-refractivity contribution in [2.24, 2.45) is 0 Å². The molecule has 2 aromatic carbocycles. The molecule has 0 bridgehead atoms. The summed E-state index contributed by atoms with van der Waals surface area (Å²) >= 11 is 0. The summed E-state index contributed by atoms with van der Waals surface area (Å²) in [6.45, 7) is 4.26. The summed E-state index contributed by atoms with van der Waals surface area (Å²) in [7, 11) is -1.17. The number of hydrogen-bond donors (Lipinski definition) is 1. The molecule has 0 atom stereocenters. The van der Waals surface area contributed by atoms with Gasteiger partial charge in [-0.25, -0.2) is 8.42 Å². The summed E-state index contributed by atoms with van der Waals surface area (Å²) in [6, 6.07) is 12.2. The van der Waals surface area contributed by atoms with Gasteiger partial charge < -0.3 is 19.7 Å². The molecule has 3 rings (SSSR count). The van der Waals surface area contributed by atoms with Crippen molar-refractivity contribution in [1.29, 1.82) is 0 Å². The maximum Gasteiger partial charge on any atom is 0.247 e. The number of amides is 1. The van der Waals surface area contributed by atoms with Crippen LogP contribution >= 0.6 is 0 Å². The first-order valence-corrected chi connectivity index (χ1v) is 11.6. The van der Waals surface area contributed by atoms with Crippen molar-refractivity contribution in [3.05, 3.63) is 53.6 Å². The lowest BCUT2D eigenvalue weighted by Crippen LogP contribution is -2.50. The molecule has 1 saturated heterocycles. The van der Waals surface area contributed by atoms with E-state index in [1.807, 2.05) is 31.2 Å². The number of sulfonamides is 1. The van der Waals surface area contributed by atoms with Gasteiger partial charge in [-0.1, -0.05) is 29.8 Å². The van der Waals surface area contributed by atoms with Gasteiger partial charge in [0.1, 0.15) is 16.4 Å². The quantitative estimate of drug-likeness (QED) is 0.662. The van der Waals surface area contributed by atoms with Crippen LogP contribution in [0, 0.1) is 6.92 Å². The number of hydrogen-bond acceptors (Lipinski definition) is 6. The smallest absolute Gasteiger partial charge is 0.247 e. The van der Waals surface area contributed by atoms with Crippen LogP contribution in [0.5, 0.6) is 11.5 Å². The minimum atomic E-state index is -4.06. The lowest BCUT2D eigenvalue weighted by atomic mass is 10.1. The molecular formula is C22H29N3O5S. The van der Waals surface area contributed by atoms with Gasteiger partial charge in [0.05, 0.1) is 20.8 Å². The normalized spacial score (nSPS) is 14.5. The SMILES string of the molecule is COc1ccc(OC)c(S(=O)(=O)N(CC(=O)N2CCNCC2)Cc2cccc(C)c2)c1. The van der Waals surface area contributed by atoms with Crippen molar-refractivity contribution in [2.45, 2.75) is 18.4 Å². The summed E-state index contributed by atoms with van der Waals surface area (Å²) in [4.78, 5) is 14.6. The van der Waals surface area contributed by atoms with Crippen molar-refractivity contribution < 1.29 is 22.7 Å². The van der Waals surface area contributed by atoms with Gasteiger partial charge in [0.2, 0.25) is 15.9 Å². The van der Waals surface area contributed by atoms with Crippen LogP contribution in [0.4, 0.5) is 0 Å². The number of nitrogens with zero attached hydrogens (tertiary/aromatic N) is 2. The highest BCUT2D eigenvalue weighted by atomic mass is 32.2. The Balaban J connectivity index is 1.98. The first kappa shape index (κ1) is 23.1. The molecule has 1 fully saturated rings. The molecule has 1 heterocycles. The van der Waals surface area contributed by atoms with E-state index in [-0.39, 0.29) is 29.6 Å². The Hall–Kier alpha value is -2.62. The highest BCUT2D eigenvalue weighted by Gasteiger charge is 2.32. The monoisotopic (exact) mass is 447 g/mol. The molecule has 0 aromatic heterocycles. The Morgan fingerprint density at radius 1 is 1.10 bits per heavy atom. The van der Waals surface area contributed by atoms with Gasteiger partial charge in [0, 0.05) is 38.8 Å². The van der Waals surface area contributed by atoms with E-state index in [1.54, 1.807) is 17.0 Å². The van der Waals surface area contributed by atoms with Crippen molar-refractivity contribution in [3.63, 3.8) is 0 Å². The Kier molecular flexibility index (Phi) is 7.53. The summed E-state index contributed by atoms with van der Waals surface area (Å²) in [5, 5.41) is 3.20. The summed E-state index contributed by atoms with van der Waals surface area (Å²) in [5.74, 6) is 0.368. The van der Waals surface area contributed by atoms with Crippen molar-refractivity contribution in [1.82, 2.24) is 14.5 Å². The first-order chi connectivity index (χ1) is 14.8. The van der Waals surface area contributed by atoms with E-state index in [9.17, 15) is 13.2 Å². The molecule has 2 aromatic rings. The predicted molar refractivity (Wildman–Crippen MR) is 118 cm³/mol. The number of methoxy groups -OCH3 is 2. The summed E-state index contributed by atoms with van der Waals surface area (Å²) in [6.07, 6.45) is 0. The molecule has 1 amide bonds. The number of rotatable bonds is 8. The van der Waals surface area contributed by atoms with Gasteiger partial charge in [0.25, 0.3) is 0 Å². The second-order valence-corrected chi connectivity index (χ2v) is 9.32. The third-order valence-corrected chi connectivity index (χ3v) is 7.02. The Bertz CT molecular complexity index is 1020. The predicted octanol–water partition coefficient (Wildman–Crippen LogP) is 1.63. The number of ether oxygens (including phenoxy) is 2. The van der Waals surface area contributed by atoms with Crippen LogP contribution in [-0.2, 0) is 21.4 Å². The fourth-order valence-corrected chi connectivity index (χ4v) is 5.08. The van der Waals surface area contributed by atoms with Gasteiger partial charge >= 0.3 is 0 Å². The lowest BCUT2D eigenvalue weighted by Gasteiger charge is -2.30. The lowest BCUT2D eigenvalue weighted by molar-refractivity contribution is -0.132. The van der Waals surface area contributed by atoms with Crippen LogP contribution in [0.25, 0.3) is 0 Å². The fourth-order valence-electron chi connectivity index (χ4n) is 3.53. The highest BCUT2D eigenvalue weighted by Crippen LogP contribution is 2.31. The standard InChI is InChI=1S/C22H29N3O5S/c1-17-5-4-6-18(13-17)15-25(16-22(26)24-11-9-23-10-12-24)31(27,28)21-14-19(29-2)7-8-20(21)30-3/h4-8,13-14,23H,9-12,15-16H2,1-3H3. The molecule has 0 radical (unpaired) electrons. The number of carbonyl (C=O) groups excluding carboxylic acids is 1. The summed E-state index contributed by atoms with van der Waals surface area (Å²) in [5.41, 5.74) is 1.82. The molecule has 1 N–H and O–H groups in total. The molecule has 0 saturated carbocycles. The molecular weight excluding hydrogens is 418 g/mol. The second kappa shape index (κ2) is 10.1. The van der Waals surface area contributed by atoms with Gasteiger partial charge in [0.15, 0.2) is 0 Å². The minimum Gasteiger partial charge on any atom is -0.497 e. The van der Waals surface area contributed by atoms with Crippen LogP contribution in [0.3, 0.4) is 0 Å². The van der Waals surface area contributed by atoms with Crippen LogP contribution < -0.4 is 14.8 Å². The van der Waals surface area contributed by atoms with Crippen LogP contribution in [0.2, 0.25) is 0 Å². The van der Waals surface area contributed by atoms with E-state index in [0.717, 1.165) is 11.1 Å². The largest absolute Gasteiger partial charge is 0.497 e. The van der Waals surface area contributed by atoms with Crippen LogP contribution in [0.1, 0.15) is 11.1 Å². The summed E-state index contributed by atoms with van der Waals surface area (Å²) < 4.78 is 39.1. The fraction of sp³-hybridized carbons (Fsp3) is 0.409. The Morgan fingerprint density at radius 3 is 2.48 bits per heavy atom. The topological polar surface area (TPSA) is 88.2 Å². The average Bonchev–Trinajstić information content (AvgIpc) is 2.78. The number of carbonyl (C=O) groups is 1. The molecule has 0 aliphatic carbocycles. The van der Waals surface area contributed by atoms with Crippen molar-refractivity contribution >= 4 is 15.9 Å². The minimum absolute atomic E-state index is 0.0323. The first-order valence-electron chi connectivity index (χ1n) is 10.1. The highest BCUT2D eigenvalue weighted by molar-refractivity contribution is 7.89. The van der Waals surface area contributed by atoms with Crippen molar-refractivity contribution in [3.8, 4) is 11.5 Å². The van der Waals surface area contributed by atoms with E-state index in [1.165, 1.54) is 24.6 Å². The van der Waals surface area contributed by atoms with Gasteiger partial charge in [-0.2, -0.15) is 4.31 Å². The zero-order valence-corrected chi connectivity index (χ0v) is 18.9. The molecule has 0 unspecified atom stereocenters. The molecule has 1 aliphatic rings. The third kappa shape index (κ3) is 5.55. The van der Waals surface area contributed by atoms with Gasteiger partial charge in [-0.15, -0.1) is 0 Å². The molecule has 0 spiro atoms. The van der Waals surface area contributed by atoms with E-state index in [4.69, 9.17) is 9.47 Å². The average molecular weight is 448 g/mol. The van der Waals surface area contributed by atoms with Gasteiger partial charge in [-0.3, -0.25) is 4.79 Å². The second-order valence-electron chi connectivity index (χ2n) is 7.41. The van der Waals surface area contributed by atoms with Crippen molar-refractivity contribution in [2.75, 3.05) is 46.9 Å².